The first kappa shape index (κ1) is 23.0. The largest absolute Gasteiger partial charge is 1.00 e. The van der Waals surface area contributed by atoms with Crippen LogP contribution in [0.25, 0.3) is 0 Å². The summed E-state index contributed by atoms with van der Waals surface area (Å²) in [7, 11) is -8.27. The molecule has 0 atom stereocenters. The van der Waals surface area contributed by atoms with Crippen LogP contribution in [0.1, 0.15) is 0 Å². The molecule has 0 fully saturated rings. The molecular weight excluding hydrogens is 217 g/mol. The Morgan fingerprint density at radius 3 is 1.09 bits per heavy atom. The summed E-state index contributed by atoms with van der Waals surface area (Å²) in [5.41, 5.74) is 0. The molecule has 0 amide bonds. The summed E-state index contributed by atoms with van der Waals surface area (Å²) in [6.45, 7) is 0. The van der Waals surface area contributed by atoms with E-state index in [0.29, 0.717) is 0 Å². The Morgan fingerprint density at radius 1 is 1.09 bits per heavy atom. The van der Waals surface area contributed by atoms with Gasteiger partial charge in [-0.1, -0.05) is 0 Å². The fourth-order valence-corrected chi connectivity index (χ4v) is 0. The van der Waals surface area contributed by atoms with Crippen LogP contribution in [0, 0.1) is 0 Å². The first-order chi connectivity index (χ1) is 3.73. The van der Waals surface area contributed by atoms with Crippen molar-refractivity contribution in [1.29, 1.82) is 0 Å². The molecule has 0 rings (SSSR count). The Morgan fingerprint density at radius 2 is 1.09 bits per heavy atom. The van der Waals surface area contributed by atoms with E-state index in [1.165, 1.54) is 0 Å². The first-order valence-corrected chi connectivity index (χ1v) is 4.18. The molecule has 11 heavy (non-hydrogen) atoms. The fraction of sp³-hybridized carbons (Fsp3) is 0. The molecule has 0 saturated carbocycles. The summed E-state index contributed by atoms with van der Waals surface area (Å²) in [6, 6.07) is 0. The van der Waals surface area contributed by atoms with Gasteiger partial charge < -0.3 is 28.7 Å². The van der Waals surface area contributed by atoms with Gasteiger partial charge in [-0.05, 0) is 0 Å². The van der Waals surface area contributed by atoms with E-state index in [9.17, 15) is 0 Å². The summed E-state index contributed by atoms with van der Waals surface area (Å²) in [4.78, 5) is 38.6. The third-order valence-corrected chi connectivity index (χ3v) is 0. The second-order valence-electron chi connectivity index (χ2n) is 0.763. The molecule has 0 unspecified atom stereocenters. The van der Waals surface area contributed by atoms with E-state index in [1.807, 2.05) is 0 Å². The first-order valence-electron chi connectivity index (χ1n) is 1.39. The maximum absolute atomic E-state index is 8.88. The predicted octanol–water partition coefficient (Wildman–Crippen LogP) is -9.80. The molecule has 0 bridgehead atoms. The molecule has 11 heteroatoms. The Kier molecular flexibility index (Phi) is 24.5. The van der Waals surface area contributed by atoms with Gasteiger partial charge in [-0.15, -0.1) is 0 Å². The van der Waals surface area contributed by atoms with Gasteiger partial charge in [0, 0.05) is 9.17 Å². The molecule has 0 heterocycles. The van der Waals surface area contributed by atoms with Gasteiger partial charge in [-0.25, -0.2) is 4.57 Å². The predicted molar refractivity (Wildman–Crippen MR) is 20.7 cm³/mol. The Bertz CT molecular complexity index is 116. The van der Waals surface area contributed by atoms with E-state index in [0.717, 1.165) is 0 Å². The Labute approximate surface area is 108 Å². The van der Waals surface area contributed by atoms with Crippen LogP contribution < -0.4 is 68.7 Å². The van der Waals surface area contributed by atoms with Gasteiger partial charge in [0.15, 0.2) is 0 Å². The topological polar surface area (TPSA) is 141 Å². The maximum atomic E-state index is 8.88. The molecule has 0 saturated heterocycles. The minimum absolute atomic E-state index is 0. The van der Waals surface area contributed by atoms with Crippen LogP contribution in [0.5, 0.6) is 0 Å². The van der Waals surface area contributed by atoms with Gasteiger partial charge in [-0.2, -0.15) is 0 Å². The third kappa shape index (κ3) is 372. The Hall–Kier alpha value is 1.73. The van der Waals surface area contributed by atoms with Gasteiger partial charge in [0.05, 0.1) is 0 Å². The fourth-order valence-electron chi connectivity index (χ4n) is 0. The van der Waals surface area contributed by atoms with Crippen LogP contribution in [-0.2, 0) is 9.03 Å². The monoisotopic (exact) mass is 220 g/mol. The molecule has 0 aromatic rings. The van der Waals surface area contributed by atoms with E-state index in [1.54, 1.807) is 0 Å². The maximum Gasteiger partial charge on any atom is 1.00 e. The quantitative estimate of drug-likeness (QED) is 0.272. The van der Waals surface area contributed by atoms with Crippen molar-refractivity contribution in [3.05, 3.63) is 0 Å². The molecule has 0 aliphatic carbocycles. The molecule has 0 aliphatic rings. The van der Waals surface area contributed by atoms with Crippen LogP contribution in [0.4, 0.5) is 0 Å². The van der Waals surface area contributed by atoms with Crippen molar-refractivity contribution in [3.8, 4) is 0 Å². The molecule has 0 aromatic carbocycles. The molecule has 7 nitrogen and oxygen atoms in total. The summed E-state index contributed by atoms with van der Waals surface area (Å²) < 4.78 is 17.4. The standard InChI is InChI=1S/2Na.H3O4P.O3Si/c;;1-5(2,3)4;1-4(2)3/h;;(H3,1,2,3,4);/q2*+1;;-2. The zero-order valence-corrected chi connectivity index (χ0v) is 11.8. The minimum atomic E-state index is -4.64. The van der Waals surface area contributed by atoms with Crippen molar-refractivity contribution < 1.29 is 92.4 Å². The number of hydrogen-bond acceptors (Lipinski definition) is 4. The van der Waals surface area contributed by atoms with Crippen LogP contribution in [-0.4, -0.2) is 23.9 Å². The normalized spacial score (nSPS) is 7.55. The average molecular weight is 220 g/mol. The molecule has 0 aliphatic heterocycles. The van der Waals surface area contributed by atoms with Crippen molar-refractivity contribution in [2.75, 3.05) is 0 Å². The smallest absolute Gasteiger partial charge is 0.672 e. The van der Waals surface area contributed by atoms with Crippen LogP contribution in [0.2, 0.25) is 0 Å². The van der Waals surface area contributed by atoms with Crippen LogP contribution in [0.3, 0.4) is 0 Å². The molecule has 56 valence electrons. The number of rotatable bonds is 0. The van der Waals surface area contributed by atoms with Crippen LogP contribution >= 0.6 is 7.82 Å². The zero-order chi connectivity index (χ0) is 8.08. The second-order valence-corrected chi connectivity index (χ2v) is 2.29. The van der Waals surface area contributed by atoms with Crippen LogP contribution in [0.15, 0.2) is 0 Å². The summed E-state index contributed by atoms with van der Waals surface area (Å²) in [5.74, 6) is 0. The number of phosphoric acid groups is 1. The van der Waals surface area contributed by atoms with E-state index >= 15 is 0 Å². The van der Waals surface area contributed by atoms with Crippen molar-refractivity contribution in [1.82, 2.24) is 0 Å². The van der Waals surface area contributed by atoms with E-state index in [4.69, 9.17) is 33.3 Å². The van der Waals surface area contributed by atoms with Gasteiger partial charge in [0.2, 0.25) is 0 Å². The molecule has 0 spiro atoms. The summed E-state index contributed by atoms with van der Waals surface area (Å²) >= 11 is 0. The van der Waals surface area contributed by atoms with E-state index in [-0.39, 0.29) is 59.1 Å². The van der Waals surface area contributed by atoms with E-state index < -0.39 is 17.0 Å². The Balaban J connectivity index is -0.0000000383. The van der Waals surface area contributed by atoms with Gasteiger partial charge in [0.25, 0.3) is 0 Å². The molecule has 0 radical (unpaired) electrons. The SMILES string of the molecule is O=P(O)(O)O.O=[Si]([O-])[O-].[Na+].[Na+]. The van der Waals surface area contributed by atoms with Crippen molar-refractivity contribution in [2.45, 2.75) is 0 Å². The molecule has 3 N–H and O–H groups in total. The van der Waals surface area contributed by atoms with Crippen molar-refractivity contribution in [2.24, 2.45) is 0 Å². The summed E-state index contributed by atoms with van der Waals surface area (Å²) in [5, 5.41) is 0. The molecular formula is H3Na2O7PSi. The summed E-state index contributed by atoms with van der Waals surface area (Å²) in [6.07, 6.45) is 0. The second kappa shape index (κ2) is 11.7. The van der Waals surface area contributed by atoms with Crippen molar-refractivity contribution in [3.63, 3.8) is 0 Å². The molecule has 0 aromatic heterocycles. The van der Waals surface area contributed by atoms with Gasteiger partial charge in [-0.3, -0.25) is 0 Å². The van der Waals surface area contributed by atoms with Gasteiger partial charge in [0.1, 0.15) is 0 Å². The minimum Gasteiger partial charge on any atom is -0.672 e. The number of hydrogen-bond donors (Lipinski definition) is 3. The zero-order valence-electron chi connectivity index (χ0n) is 5.92. The van der Waals surface area contributed by atoms with Crippen molar-refractivity contribution >= 4 is 17.0 Å². The van der Waals surface area contributed by atoms with Gasteiger partial charge >= 0.3 is 66.9 Å². The van der Waals surface area contributed by atoms with E-state index in [2.05, 4.69) is 0 Å². The average Bonchev–Trinajstić information content (AvgIpc) is 1.19. The third-order valence-electron chi connectivity index (χ3n) is 0.